The van der Waals surface area contributed by atoms with Crippen LogP contribution in [0.15, 0.2) is 48.5 Å². The summed E-state index contributed by atoms with van der Waals surface area (Å²) in [6.45, 7) is -0.154. The summed E-state index contributed by atoms with van der Waals surface area (Å²) >= 11 is 0. The van der Waals surface area contributed by atoms with Crippen LogP contribution >= 0.6 is 0 Å². The number of anilines is 2. The number of methoxy groups -OCH3 is 1. The minimum absolute atomic E-state index is 0.154. The van der Waals surface area contributed by atoms with Gasteiger partial charge in [-0.3, -0.25) is 9.10 Å². The van der Waals surface area contributed by atoms with E-state index in [2.05, 4.69) is 10.1 Å². The number of carbonyl (C=O) groups excluding carboxylic acids is 2. The molecule has 1 N–H and O–H groups in total. The molecule has 0 saturated carbocycles. The Balaban J connectivity index is 1.83. The summed E-state index contributed by atoms with van der Waals surface area (Å²) in [7, 11) is -2.32. The van der Waals surface area contributed by atoms with Gasteiger partial charge in [0.05, 0.1) is 31.2 Å². The number of para-hydroxylation sites is 2. The summed E-state index contributed by atoms with van der Waals surface area (Å²) < 4.78 is 35.7. The Labute approximate surface area is 156 Å². The Morgan fingerprint density at radius 2 is 1.93 bits per heavy atom. The van der Waals surface area contributed by atoms with E-state index in [0.717, 1.165) is 10.6 Å². The van der Waals surface area contributed by atoms with E-state index in [0.29, 0.717) is 17.1 Å². The van der Waals surface area contributed by atoms with Gasteiger partial charge in [-0.1, -0.05) is 18.2 Å². The van der Waals surface area contributed by atoms with Crippen molar-refractivity contribution in [1.29, 1.82) is 0 Å². The zero-order valence-corrected chi connectivity index (χ0v) is 15.5. The van der Waals surface area contributed by atoms with Gasteiger partial charge in [0, 0.05) is 5.69 Å². The fourth-order valence-corrected chi connectivity index (χ4v) is 3.63. The van der Waals surface area contributed by atoms with Crippen molar-refractivity contribution < 1.29 is 27.5 Å². The lowest BCUT2D eigenvalue weighted by atomic mass is 10.2. The minimum Gasteiger partial charge on any atom is -0.476 e. The predicted octanol–water partition coefficient (Wildman–Crippen LogP) is 1.64. The van der Waals surface area contributed by atoms with Gasteiger partial charge in [0.1, 0.15) is 5.75 Å². The van der Waals surface area contributed by atoms with E-state index in [1.54, 1.807) is 42.5 Å². The van der Waals surface area contributed by atoms with Crippen LogP contribution < -0.4 is 14.4 Å². The van der Waals surface area contributed by atoms with Crippen LogP contribution in [0.5, 0.6) is 5.75 Å². The van der Waals surface area contributed by atoms with Crippen LogP contribution in [0.3, 0.4) is 0 Å². The van der Waals surface area contributed by atoms with Crippen LogP contribution in [-0.4, -0.2) is 46.3 Å². The van der Waals surface area contributed by atoms with Crippen molar-refractivity contribution in [2.75, 3.05) is 29.5 Å². The second-order valence-corrected chi connectivity index (χ2v) is 7.84. The van der Waals surface area contributed by atoms with Crippen LogP contribution in [0.1, 0.15) is 10.4 Å². The Morgan fingerprint density at radius 3 is 2.63 bits per heavy atom. The molecule has 3 rings (SSSR count). The first-order chi connectivity index (χ1) is 12.8. The first-order valence-corrected chi connectivity index (χ1v) is 9.87. The third-order valence-corrected chi connectivity index (χ3v) is 5.13. The molecule has 0 aromatic heterocycles. The number of hydrogen-bond acceptors (Lipinski definition) is 6. The molecule has 0 spiro atoms. The van der Waals surface area contributed by atoms with Gasteiger partial charge < -0.3 is 14.8 Å². The van der Waals surface area contributed by atoms with Gasteiger partial charge in [0.2, 0.25) is 10.0 Å². The zero-order chi connectivity index (χ0) is 19.6. The van der Waals surface area contributed by atoms with Crippen molar-refractivity contribution in [3.05, 3.63) is 54.1 Å². The molecular formula is C18H18N2O6S. The van der Waals surface area contributed by atoms with E-state index in [9.17, 15) is 18.0 Å². The smallest absolute Gasteiger partial charge is 0.337 e. The Kier molecular flexibility index (Phi) is 5.04. The van der Waals surface area contributed by atoms with Crippen molar-refractivity contribution in [1.82, 2.24) is 0 Å². The van der Waals surface area contributed by atoms with E-state index in [-0.39, 0.29) is 12.1 Å². The molecular weight excluding hydrogens is 372 g/mol. The number of sulfonamides is 1. The highest BCUT2D eigenvalue weighted by Gasteiger charge is 2.34. The number of benzene rings is 2. The van der Waals surface area contributed by atoms with Gasteiger partial charge in [-0.05, 0) is 30.3 Å². The van der Waals surface area contributed by atoms with E-state index < -0.39 is 28.0 Å². The van der Waals surface area contributed by atoms with Gasteiger partial charge >= 0.3 is 5.97 Å². The van der Waals surface area contributed by atoms with Crippen LogP contribution in [0.4, 0.5) is 11.4 Å². The standard InChI is InChI=1S/C18H18N2O6S/c1-25-18(22)12-6-5-7-13(10-12)19-17(21)16-11-20(27(2,23)24)14-8-3-4-9-15(14)26-16/h3-10,16H,11H2,1-2H3,(H,19,21)/t16-/m1/s1. The summed E-state index contributed by atoms with van der Waals surface area (Å²) in [5.41, 5.74) is 1.04. The minimum atomic E-state index is -3.59. The molecule has 1 heterocycles. The highest BCUT2D eigenvalue weighted by molar-refractivity contribution is 7.92. The highest BCUT2D eigenvalue weighted by Crippen LogP contribution is 2.34. The molecule has 1 aliphatic rings. The van der Waals surface area contributed by atoms with Crippen molar-refractivity contribution in [3.8, 4) is 5.75 Å². The van der Waals surface area contributed by atoms with Crippen molar-refractivity contribution in [2.45, 2.75) is 6.10 Å². The molecule has 9 heteroatoms. The molecule has 0 unspecified atom stereocenters. The lowest BCUT2D eigenvalue weighted by Gasteiger charge is -2.33. The summed E-state index contributed by atoms with van der Waals surface area (Å²) in [6.07, 6.45) is 0.0283. The van der Waals surface area contributed by atoms with Crippen LogP contribution in [-0.2, 0) is 19.6 Å². The fraction of sp³-hybridized carbons (Fsp3) is 0.222. The van der Waals surface area contributed by atoms with E-state index >= 15 is 0 Å². The first kappa shape index (κ1) is 18.7. The summed E-state index contributed by atoms with van der Waals surface area (Å²) in [5, 5.41) is 2.64. The van der Waals surface area contributed by atoms with Crippen molar-refractivity contribution in [3.63, 3.8) is 0 Å². The van der Waals surface area contributed by atoms with Crippen LogP contribution in [0, 0.1) is 0 Å². The maximum Gasteiger partial charge on any atom is 0.337 e. The lowest BCUT2D eigenvalue weighted by Crippen LogP contribution is -2.48. The summed E-state index contributed by atoms with van der Waals surface area (Å²) in [4.78, 5) is 24.2. The van der Waals surface area contributed by atoms with Gasteiger partial charge in [-0.2, -0.15) is 0 Å². The molecule has 27 heavy (non-hydrogen) atoms. The maximum atomic E-state index is 12.6. The molecule has 2 aromatic carbocycles. The normalized spacial score (nSPS) is 16.1. The average Bonchev–Trinajstić information content (AvgIpc) is 2.65. The molecule has 1 atom stereocenters. The first-order valence-electron chi connectivity index (χ1n) is 8.02. The van der Waals surface area contributed by atoms with E-state index in [1.807, 2.05) is 0 Å². The molecule has 2 aromatic rings. The average molecular weight is 390 g/mol. The molecule has 0 bridgehead atoms. The highest BCUT2D eigenvalue weighted by atomic mass is 32.2. The van der Waals surface area contributed by atoms with Crippen LogP contribution in [0.2, 0.25) is 0 Å². The maximum absolute atomic E-state index is 12.6. The number of hydrogen-bond donors (Lipinski definition) is 1. The third-order valence-electron chi connectivity index (χ3n) is 3.98. The molecule has 1 amide bonds. The largest absolute Gasteiger partial charge is 0.476 e. The Morgan fingerprint density at radius 1 is 1.19 bits per heavy atom. The van der Waals surface area contributed by atoms with E-state index in [1.165, 1.54) is 13.2 Å². The topological polar surface area (TPSA) is 102 Å². The molecule has 8 nitrogen and oxygen atoms in total. The lowest BCUT2D eigenvalue weighted by molar-refractivity contribution is -0.122. The van der Waals surface area contributed by atoms with Crippen LogP contribution in [0.25, 0.3) is 0 Å². The number of nitrogens with one attached hydrogen (secondary N) is 1. The number of nitrogens with zero attached hydrogens (tertiary/aromatic N) is 1. The number of fused-ring (bicyclic) bond motifs is 1. The van der Waals surface area contributed by atoms with Crippen molar-refractivity contribution in [2.24, 2.45) is 0 Å². The molecule has 0 saturated heterocycles. The monoisotopic (exact) mass is 390 g/mol. The molecule has 0 aliphatic carbocycles. The molecule has 142 valence electrons. The predicted molar refractivity (Wildman–Crippen MR) is 99.5 cm³/mol. The van der Waals surface area contributed by atoms with E-state index in [4.69, 9.17) is 4.74 Å². The molecule has 0 radical (unpaired) electrons. The summed E-state index contributed by atoms with van der Waals surface area (Å²) in [6, 6.07) is 12.8. The number of esters is 1. The van der Waals surface area contributed by atoms with Crippen molar-refractivity contribution >= 4 is 33.3 Å². The zero-order valence-electron chi connectivity index (χ0n) is 14.7. The quantitative estimate of drug-likeness (QED) is 0.797. The number of ether oxygens (including phenoxy) is 2. The van der Waals surface area contributed by atoms with Gasteiger partial charge in [-0.25, -0.2) is 13.2 Å². The summed E-state index contributed by atoms with van der Waals surface area (Å²) in [5.74, 6) is -0.755. The fourth-order valence-electron chi connectivity index (χ4n) is 2.72. The molecule has 1 aliphatic heterocycles. The Bertz CT molecular complexity index is 989. The SMILES string of the molecule is COC(=O)c1cccc(NC(=O)[C@H]2CN(S(C)(=O)=O)c3ccccc3O2)c1. The van der Waals surface area contributed by atoms with Gasteiger partial charge in [-0.15, -0.1) is 0 Å². The van der Waals surface area contributed by atoms with Gasteiger partial charge in [0.15, 0.2) is 6.10 Å². The Hall–Kier alpha value is -3.07. The second-order valence-electron chi connectivity index (χ2n) is 5.93. The number of rotatable bonds is 4. The number of carbonyl (C=O) groups is 2. The van der Waals surface area contributed by atoms with Gasteiger partial charge in [0.25, 0.3) is 5.91 Å². The second kappa shape index (κ2) is 7.28. The number of amides is 1. The third kappa shape index (κ3) is 4.03. The molecule has 0 fully saturated rings.